The molecule has 0 radical (unpaired) electrons. The third-order valence-corrected chi connectivity index (χ3v) is 3.96. The number of hydrogen-bond donors (Lipinski definition) is 0. The van der Waals surface area contributed by atoms with Crippen LogP contribution in [-0.2, 0) is 17.6 Å². The van der Waals surface area contributed by atoms with Crippen LogP contribution in [0.2, 0.25) is 0 Å². The van der Waals surface area contributed by atoms with Crippen LogP contribution in [0, 0.1) is 0 Å². The van der Waals surface area contributed by atoms with Crippen LogP contribution >= 0.6 is 11.3 Å². The van der Waals surface area contributed by atoms with E-state index in [1.165, 1.54) is 48.1 Å². The predicted octanol–water partition coefficient (Wildman–Crippen LogP) is 4.65. The van der Waals surface area contributed by atoms with Gasteiger partial charge in [-0.15, -0.1) is 11.3 Å². The molecule has 0 aliphatic rings. The standard InChI is InChI=1S/C15H22OS/c1-3-5-8-13-12-17-15(10-7-11-16)14(13)9-6-4-2/h7,10-12H,3-6,8-9H2,1-2H3/b10-7+. The Bertz CT molecular complexity index is 363. The summed E-state index contributed by atoms with van der Waals surface area (Å²) in [7, 11) is 0. The van der Waals surface area contributed by atoms with Crippen molar-refractivity contribution in [1.29, 1.82) is 0 Å². The number of allylic oxidation sites excluding steroid dienone is 1. The fourth-order valence-electron chi connectivity index (χ4n) is 1.92. The van der Waals surface area contributed by atoms with E-state index in [1.807, 2.05) is 6.08 Å². The van der Waals surface area contributed by atoms with Gasteiger partial charge in [-0.1, -0.05) is 26.7 Å². The lowest BCUT2D eigenvalue weighted by Gasteiger charge is -2.04. The molecule has 1 heterocycles. The summed E-state index contributed by atoms with van der Waals surface area (Å²) in [5.41, 5.74) is 2.97. The third kappa shape index (κ3) is 4.47. The van der Waals surface area contributed by atoms with Crippen LogP contribution in [0.1, 0.15) is 55.5 Å². The van der Waals surface area contributed by atoms with Gasteiger partial charge in [0.15, 0.2) is 0 Å². The second-order valence-electron chi connectivity index (χ2n) is 4.31. The van der Waals surface area contributed by atoms with Crippen LogP contribution in [0.3, 0.4) is 0 Å². The van der Waals surface area contributed by atoms with E-state index in [1.54, 1.807) is 17.4 Å². The van der Waals surface area contributed by atoms with Gasteiger partial charge in [-0.2, -0.15) is 0 Å². The first kappa shape index (κ1) is 14.2. The lowest BCUT2D eigenvalue weighted by Crippen LogP contribution is -1.92. The second kappa shape index (κ2) is 8.24. The largest absolute Gasteiger partial charge is 0.299 e. The first-order valence-electron chi connectivity index (χ1n) is 6.54. The molecule has 0 fully saturated rings. The minimum Gasteiger partial charge on any atom is -0.299 e. The number of carbonyl (C=O) groups is 1. The molecule has 1 nitrogen and oxygen atoms in total. The maximum atomic E-state index is 10.4. The van der Waals surface area contributed by atoms with Crippen molar-refractivity contribution in [3.63, 3.8) is 0 Å². The van der Waals surface area contributed by atoms with Crippen molar-refractivity contribution in [2.24, 2.45) is 0 Å². The highest BCUT2D eigenvalue weighted by atomic mass is 32.1. The summed E-state index contributed by atoms with van der Waals surface area (Å²) in [6.07, 6.45) is 11.7. The molecule has 2 heteroatoms. The number of aryl methyl sites for hydroxylation is 1. The van der Waals surface area contributed by atoms with E-state index in [2.05, 4.69) is 19.2 Å². The van der Waals surface area contributed by atoms with E-state index in [4.69, 9.17) is 0 Å². The van der Waals surface area contributed by atoms with Crippen LogP contribution < -0.4 is 0 Å². The molecule has 17 heavy (non-hydrogen) atoms. The predicted molar refractivity (Wildman–Crippen MR) is 76.6 cm³/mol. The Morgan fingerprint density at radius 1 is 1.18 bits per heavy atom. The van der Waals surface area contributed by atoms with Crippen molar-refractivity contribution in [3.05, 3.63) is 27.5 Å². The van der Waals surface area contributed by atoms with Gasteiger partial charge < -0.3 is 0 Å². The number of rotatable bonds is 8. The molecular weight excluding hydrogens is 228 g/mol. The molecule has 94 valence electrons. The average Bonchev–Trinajstić information content (AvgIpc) is 2.73. The monoisotopic (exact) mass is 250 g/mol. The fourth-order valence-corrected chi connectivity index (χ4v) is 2.98. The average molecular weight is 250 g/mol. The lowest BCUT2D eigenvalue weighted by molar-refractivity contribution is -0.104. The number of carbonyl (C=O) groups excluding carboxylic acids is 1. The normalized spacial score (nSPS) is 11.2. The van der Waals surface area contributed by atoms with Gasteiger partial charge in [0.25, 0.3) is 0 Å². The van der Waals surface area contributed by atoms with E-state index < -0.39 is 0 Å². The van der Waals surface area contributed by atoms with Crippen molar-refractivity contribution >= 4 is 23.7 Å². The molecule has 0 bridgehead atoms. The molecule has 1 rings (SSSR count). The Morgan fingerprint density at radius 3 is 2.53 bits per heavy atom. The summed E-state index contributed by atoms with van der Waals surface area (Å²) >= 11 is 1.77. The zero-order chi connectivity index (χ0) is 12.5. The molecule has 0 unspecified atom stereocenters. The molecule has 0 aromatic carbocycles. The summed E-state index contributed by atoms with van der Waals surface area (Å²) < 4.78 is 0. The Kier molecular flexibility index (Phi) is 6.87. The summed E-state index contributed by atoms with van der Waals surface area (Å²) in [5.74, 6) is 0. The molecule has 0 aliphatic heterocycles. The maximum absolute atomic E-state index is 10.4. The highest BCUT2D eigenvalue weighted by Crippen LogP contribution is 2.27. The quantitative estimate of drug-likeness (QED) is 0.485. The van der Waals surface area contributed by atoms with Crippen molar-refractivity contribution in [2.45, 2.75) is 52.4 Å². The van der Waals surface area contributed by atoms with Gasteiger partial charge in [0.05, 0.1) is 0 Å². The molecule has 0 N–H and O–H groups in total. The van der Waals surface area contributed by atoms with Crippen molar-refractivity contribution in [2.75, 3.05) is 0 Å². The van der Waals surface area contributed by atoms with Crippen molar-refractivity contribution in [1.82, 2.24) is 0 Å². The molecule has 0 amide bonds. The van der Waals surface area contributed by atoms with E-state index in [0.717, 1.165) is 12.7 Å². The molecule has 0 aliphatic carbocycles. The molecule has 0 spiro atoms. The number of thiophene rings is 1. The van der Waals surface area contributed by atoms with E-state index in [0.29, 0.717) is 0 Å². The van der Waals surface area contributed by atoms with Gasteiger partial charge in [0, 0.05) is 4.88 Å². The smallest absolute Gasteiger partial charge is 0.142 e. The molecule has 1 aromatic rings. The summed E-state index contributed by atoms with van der Waals surface area (Å²) in [4.78, 5) is 11.7. The zero-order valence-electron chi connectivity index (χ0n) is 10.9. The van der Waals surface area contributed by atoms with Crippen molar-refractivity contribution in [3.8, 4) is 0 Å². The topological polar surface area (TPSA) is 17.1 Å². The molecule has 0 saturated heterocycles. The summed E-state index contributed by atoms with van der Waals surface area (Å²) in [6, 6.07) is 0. The Balaban J connectivity index is 2.84. The van der Waals surface area contributed by atoms with Gasteiger partial charge in [0.1, 0.15) is 6.29 Å². The molecule has 1 aromatic heterocycles. The minimum atomic E-state index is 0.856. The fraction of sp³-hybridized carbons (Fsp3) is 0.533. The third-order valence-electron chi connectivity index (χ3n) is 2.92. The maximum Gasteiger partial charge on any atom is 0.142 e. The van der Waals surface area contributed by atoms with Gasteiger partial charge in [-0.25, -0.2) is 0 Å². The first-order chi connectivity index (χ1) is 8.33. The summed E-state index contributed by atoms with van der Waals surface area (Å²) in [5, 5.41) is 2.27. The van der Waals surface area contributed by atoms with Crippen LogP contribution in [0.15, 0.2) is 11.5 Å². The van der Waals surface area contributed by atoms with E-state index in [-0.39, 0.29) is 0 Å². The van der Waals surface area contributed by atoms with Gasteiger partial charge in [-0.3, -0.25) is 4.79 Å². The van der Waals surface area contributed by atoms with Crippen LogP contribution in [0.25, 0.3) is 6.08 Å². The second-order valence-corrected chi connectivity index (χ2v) is 5.22. The van der Waals surface area contributed by atoms with E-state index >= 15 is 0 Å². The van der Waals surface area contributed by atoms with Gasteiger partial charge in [0.2, 0.25) is 0 Å². The Labute approximate surface area is 109 Å². The zero-order valence-corrected chi connectivity index (χ0v) is 11.7. The lowest BCUT2D eigenvalue weighted by atomic mass is 10.0. The van der Waals surface area contributed by atoms with E-state index in [9.17, 15) is 4.79 Å². The highest BCUT2D eigenvalue weighted by Gasteiger charge is 2.08. The number of hydrogen-bond acceptors (Lipinski definition) is 2. The molecular formula is C15H22OS. The minimum absolute atomic E-state index is 0.856. The Morgan fingerprint density at radius 2 is 1.88 bits per heavy atom. The van der Waals surface area contributed by atoms with Crippen LogP contribution in [-0.4, -0.2) is 6.29 Å². The van der Waals surface area contributed by atoms with Crippen LogP contribution in [0.5, 0.6) is 0 Å². The molecule has 0 atom stereocenters. The SMILES string of the molecule is CCCCc1csc(/C=C/C=O)c1CCCC. The Hall–Kier alpha value is -0.890. The van der Waals surface area contributed by atoms with Gasteiger partial charge in [-0.05, 0) is 54.3 Å². The van der Waals surface area contributed by atoms with Crippen molar-refractivity contribution < 1.29 is 4.79 Å². The number of aldehydes is 1. The summed E-state index contributed by atoms with van der Waals surface area (Å²) in [6.45, 7) is 4.45. The highest BCUT2D eigenvalue weighted by molar-refractivity contribution is 7.11. The number of unbranched alkanes of at least 4 members (excludes halogenated alkanes) is 2. The van der Waals surface area contributed by atoms with Crippen LogP contribution in [0.4, 0.5) is 0 Å². The van der Waals surface area contributed by atoms with Gasteiger partial charge >= 0.3 is 0 Å². The molecule has 0 saturated carbocycles. The first-order valence-corrected chi connectivity index (χ1v) is 7.42.